The highest BCUT2D eigenvalue weighted by molar-refractivity contribution is 7.12. The number of carbonyl (C=O) groups is 1. The summed E-state index contributed by atoms with van der Waals surface area (Å²) in [6, 6.07) is 3.75. The van der Waals surface area contributed by atoms with E-state index in [0.717, 1.165) is 23.8 Å². The molecule has 0 radical (unpaired) electrons. The van der Waals surface area contributed by atoms with Gasteiger partial charge < -0.3 is 10.1 Å². The van der Waals surface area contributed by atoms with Gasteiger partial charge in [-0.25, -0.2) is 0 Å². The fraction of sp³-hybridized carbons (Fsp3) is 0.643. The number of rotatable bonds is 7. The zero-order valence-electron chi connectivity index (χ0n) is 10.7. The summed E-state index contributed by atoms with van der Waals surface area (Å²) in [5.41, 5.74) is 0. The molecule has 1 aromatic heterocycles. The Labute approximate surface area is 113 Å². The summed E-state index contributed by atoms with van der Waals surface area (Å²) in [5.74, 6) is 0.902. The van der Waals surface area contributed by atoms with E-state index in [0.29, 0.717) is 6.61 Å². The molecular weight excluding hydrogens is 246 g/mol. The largest absolute Gasteiger partial charge is 0.373 e. The van der Waals surface area contributed by atoms with Crippen molar-refractivity contribution < 1.29 is 9.53 Å². The van der Waals surface area contributed by atoms with E-state index in [1.807, 2.05) is 17.5 Å². The molecular formula is C14H21NO2S. The molecule has 0 saturated carbocycles. The molecule has 2 rings (SSSR count). The minimum absolute atomic E-state index is 0.101. The molecule has 0 bridgehead atoms. The van der Waals surface area contributed by atoms with Crippen LogP contribution in [0.15, 0.2) is 17.5 Å². The second-order valence-electron chi connectivity index (χ2n) is 4.81. The number of thiophene rings is 1. The van der Waals surface area contributed by atoms with Crippen LogP contribution in [0.1, 0.15) is 35.4 Å². The Kier molecular flexibility index (Phi) is 5.84. The smallest absolute Gasteiger partial charge is 0.198 e. The second-order valence-corrected chi connectivity index (χ2v) is 5.76. The Morgan fingerprint density at radius 1 is 1.56 bits per heavy atom. The zero-order valence-corrected chi connectivity index (χ0v) is 11.5. The SMILES string of the molecule is O=C(COCCC[C@@H]1CCCNC1)c1cccs1. The summed E-state index contributed by atoms with van der Waals surface area (Å²) in [5, 5.41) is 5.34. The van der Waals surface area contributed by atoms with Crippen molar-refractivity contribution >= 4 is 17.1 Å². The molecule has 18 heavy (non-hydrogen) atoms. The van der Waals surface area contributed by atoms with Crippen LogP contribution in [-0.4, -0.2) is 32.1 Å². The molecule has 0 aromatic carbocycles. The van der Waals surface area contributed by atoms with E-state index in [4.69, 9.17) is 4.74 Å². The Bertz CT molecular complexity index is 345. The number of ketones is 1. The van der Waals surface area contributed by atoms with Crippen molar-refractivity contribution in [3.05, 3.63) is 22.4 Å². The van der Waals surface area contributed by atoms with E-state index in [1.54, 1.807) is 0 Å². The molecule has 1 N–H and O–H groups in total. The van der Waals surface area contributed by atoms with Gasteiger partial charge in [0.1, 0.15) is 6.61 Å². The van der Waals surface area contributed by atoms with E-state index in [1.165, 1.54) is 37.1 Å². The summed E-state index contributed by atoms with van der Waals surface area (Å²) in [4.78, 5) is 12.4. The lowest BCUT2D eigenvalue weighted by molar-refractivity contribution is 0.0749. The van der Waals surface area contributed by atoms with Crippen LogP contribution in [-0.2, 0) is 4.74 Å². The van der Waals surface area contributed by atoms with Crippen LogP contribution in [0.4, 0.5) is 0 Å². The third-order valence-electron chi connectivity index (χ3n) is 3.33. The van der Waals surface area contributed by atoms with E-state index in [2.05, 4.69) is 5.32 Å². The maximum atomic E-state index is 11.6. The summed E-state index contributed by atoms with van der Waals surface area (Å²) in [7, 11) is 0. The molecule has 4 heteroatoms. The van der Waals surface area contributed by atoms with Gasteiger partial charge in [-0.15, -0.1) is 11.3 Å². The number of piperidine rings is 1. The van der Waals surface area contributed by atoms with Gasteiger partial charge >= 0.3 is 0 Å². The molecule has 1 saturated heterocycles. The van der Waals surface area contributed by atoms with Crippen LogP contribution >= 0.6 is 11.3 Å². The first kappa shape index (κ1) is 13.7. The molecule has 0 aliphatic carbocycles. The molecule has 0 spiro atoms. The predicted molar refractivity (Wildman–Crippen MR) is 74.3 cm³/mol. The first-order valence-electron chi connectivity index (χ1n) is 6.71. The average molecular weight is 267 g/mol. The highest BCUT2D eigenvalue weighted by Crippen LogP contribution is 2.15. The quantitative estimate of drug-likeness (QED) is 0.610. The van der Waals surface area contributed by atoms with Crippen LogP contribution < -0.4 is 5.32 Å². The molecule has 2 heterocycles. The van der Waals surface area contributed by atoms with Crippen molar-refractivity contribution in [1.29, 1.82) is 0 Å². The van der Waals surface area contributed by atoms with Gasteiger partial charge in [0, 0.05) is 6.61 Å². The van der Waals surface area contributed by atoms with Gasteiger partial charge in [0.05, 0.1) is 4.88 Å². The van der Waals surface area contributed by atoms with Crippen molar-refractivity contribution in [2.45, 2.75) is 25.7 Å². The molecule has 1 atom stereocenters. The van der Waals surface area contributed by atoms with Gasteiger partial charge in [0.2, 0.25) is 0 Å². The van der Waals surface area contributed by atoms with Gasteiger partial charge in [-0.05, 0) is 56.1 Å². The molecule has 3 nitrogen and oxygen atoms in total. The van der Waals surface area contributed by atoms with E-state index < -0.39 is 0 Å². The molecule has 1 aliphatic heterocycles. The number of hydrogen-bond donors (Lipinski definition) is 1. The Balaban J connectivity index is 1.52. The van der Waals surface area contributed by atoms with Gasteiger partial charge in [0.15, 0.2) is 5.78 Å². The standard InChI is InChI=1S/C14H21NO2S/c16-13(14-6-3-9-18-14)11-17-8-2-5-12-4-1-7-15-10-12/h3,6,9,12,15H,1-2,4-5,7-8,10-11H2/t12-/m0/s1. The Morgan fingerprint density at radius 2 is 2.50 bits per heavy atom. The second kappa shape index (κ2) is 7.67. The van der Waals surface area contributed by atoms with Gasteiger partial charge in [-0.1, -0.05) is 6.07 Å². The maximum Gasteiger partial charge on any atom is 0.198 e. The van der Waals surface area contributed by atoms with Crippen LogP contribution in [0.3, 0.4) is 0 Å². The molecule has 100 valence electrons. The zero-order chi connectivity index (χ0) is 12.6. The summed E-state index contributed by atoms with van der Waals surface area (Å²) in [6.45, 7) is 3.24. The third kappa shape index (κ3) is 4.52. The monoisotopic (exact) mass is 267 g/mol. The maximum absolute atomic E-state index is 11.6. The van der Waals surface area contributed by atoms with E-state index >= 15 is 0 Å². The average Bonchev–Trinajstić information content (AvgIpc) is 2.93. The minimum atomic E-state index is 0.101. The number of hydrogen-bond acceptors (Lipinski definition) is 4. The molecule has 0 unspecified atom stereocenters. The normalized spacial score (nSPS) is 19.9. The minimum Gasteiger partial charge on any atom is -0.373 e. The topological polar surface area (TPSA) is 38.3 Å². The summed E-state index contributed by atoms with van der Waals surface area (Å²) >= 11 is 1.48. The first-order chi connectivity index (χ1) is 8.86. The van der Waals surface area contributed by atoms with Crippen LogP contribution in [0.2, 0.25) is 0 Å². The lowest BCUT2D eigenvalue weighted by Gasteiger charge is -2.22. The summed E-state index contributed by atoms with van der Waals surface area (Å²) < 4.78 is 5.45. The number of carbonyl (C=O) groups excluding carboxylic acids is 1. The number of nitrogens with one attached hydrogen (secondary N) is 1. The molecule has 0 amide bonds. The lowest BCUT2D eigenvalue weighted by atomic mass is 9.95. The first-order valence-corrected chi connectivity index (χ1v) is 7.59. The molecule has 1 fully saturated rings. The van der Waals surface area contributed by atoms with Crippen LogP contribution in [0.25, 0.3) is 0 Å². The van der Waals surface area contributed by atoms with Gasteiger partial charge in [0.25, 0.3) is 0 Å². The fourth-order valence-electron chi connectivity index (χ4n) is 2.32. The lowest BCUT2D eigenvalue weighted by Crippen LogP contribution is -2.29. The highest BCUT2D eigenvalue weighted by atomic mass is 32.1. The van der Waals surface area contributed by atoms with Gasteiger partial charge in [-0.2, -0.15) is 0 Å². The van der Waals surface area contributed by atoms with Gasteiger partial charge in [-0.3, -0.25) is 4.79 Å². The van der Waals surface area contributed by atoms with Crippen molar-refractivity contribution in [3.8, 4) is 0 Å². The molecule has 1 aliphatic rings. The predicted octanol–water partition coefficient (Wildman–Crippen LogP) is 2.73. The van der Waals surface area contributed by atoms with Crippen molar-refractivity contribution in [2.75, 3.05) is 26.3 Å². The Hall–Kier alpha value is -0.710. The van der Waals surface area contributed by atoms with Crippen LogP contribution in [0, 0.1) is 5.92 Å². The highest BCUT2D eigenvalue weighted by Gasteiger charge is 2.12. The Morgan fingerprint density at radius 3 is 3.22 bits per heavy atom. The summed E-state index contributed by atoms with van der Waals surface area (Å²) in [6.07, 6.45) is 4.90. The van der Waals surface area contributed by atoms with Crippen LogP contribution in [0.5, 0.6) is 0 Å². The van der Waals surface area contributed by atoms with Crippen molar-refractivity contribution in [1.82, 2.24) is 5.32 Å². The number of Topliss-reactive ketones (excluding diaryl/α,β-unsaturated/α-hetero) is 1. The van der Waals surface area contributed by atoms with E-state index in [9.17, 15) is 4.79 Å². The fourth-order valence-corrected chi connectivity index (χ4v) is 2.97. The molecule has 1 aromatic rings. The van der Waals surface area contributed by atoms with E-state index in [-0.39, 0.29) is 12.4 Å². The third-order valence-corrected chi connectivity index (χ3v) is 4.24. The number of ether oxygens (including phenoxy) is 1. The van der Waals surface area contributed by atoms with Crippen molar-refractivity contribution in [3.63, 3.8) is 0 Å². The van der Waals surface area contributed by atoms with Crippen molar-refractivity contribution in [2.24, 2.45) is 5.92 Å².